The van der Waals surface area contributed by atoms with E-state index in [9.17, 15) is 4.39 Å². The highest BCUT2D eigenvalue weighted by molar-refractivity contribution is 5.56. The first kappa shape index (κ1) is 14.8. The topological polar surface area (TPSA) is 95.2 Å². The Labute approximate surface area is 121 Å². The molecule has 8 heteroatoms. The van der Waals surface area contributed by atoms with Crippen LogP contribution in [0.2, 0.25) is 0 Å². The molecule has 0 saturated heterocycles. The van der Waals surface area contributed by atoms with Crippen LogP contribution in [0.3, 0.4) is 0 Å². The molecule has 0 bridgehead atoms. The molecule has 21 heavy (non-hydrogen) atoms. The van der Waals surface area contributed by atoms with Crippen LogP contribution in [0.15, 0.2) is 18.2 Å². The molecular weight excluding hydrogens is 277 g/mol. The van der Waals surface area contributed by atoms with Crippen molar-refractivity contribution < 1.29 is 13.9 Å². The number of nitrogens with zero attached hydrogens (tertiary/aromatic N) is 3. The van der Waals surface area contributed by atoms with Gasteiger partial charge in [0, 0.05) is 11.8 Å². The van der Waals surface area contributed by atoms with Crippen LogP contribution in [0.25, 0.3) is 0 Å². The fourth-order valence-electron chi connectivity index (χ4n) is 1.55. The van der Waals surface area contributed by atoms with Gasteiger partial charge < -0.3 is 20.5 Å². The summed E-state index contributed by atoms with van der Waals surface area (Å²) in [4.78, 5) is 11.9. The first-order valence-corrected chi connectivity index (χ1v) is 6.37. The minimum atomic E-state index is -0.454. The predicted octanol–water partition coefficient (Wildman–Crippen LogP) is 2.13. The van der Waals surface area contributed by atoms with E-state index in [2.05, 4.69) is 20.3 Å². The van der Waals surface area contributed by atoms with Gasteiger partial charge in [0.25, 0.3) is 0 Å². The number of ether oxygens (including phenoxy) is 2. The molecule has 0 spiro atoms. The second-order valence-electron chi connectivity index (χ2n) is 4.12. The number of aromatic nitrogens is 3. The third-order valence-corrected chi connectivity index (χ3v) is 2.47. The summed E-state index contributed by atoms with van der Waals surface area (Å²) >= 11 is 0. The van der Waals surface area contributed by atoms with Crippen LogP contribution >= 0.6 is 0 Å². The van der Waals surface area contributed by atoms with E-state index in [1.165, 1.54) is 25.3 Å². The summed E-state index contributed by atoms with van der Waals surface area (Å²) < 4.78 is 23.6. The molecule has 3 N–H and O–H groups in total. The summed E-state index contributed by atoms with van der Waals surface area (Å²) in [5.41, 5.74) is 6.15. The van der Waals surface area contributed by atoms with Crippen molar-refractivity contribution in [3.8, 4) is 11.8 Å². The molecule has 0 unspecified atom stereocenters. The monoisotopic (exact) mass is 293 g/mol. The van der Waals surface area contributed by atoms with Crippen molar-refractivity contribution in [3.63, 3.8) is 0 Å². The Hall–Kier alpha value is -2.64. The molecule has 0 radical (unpaired) electrons. The molecular formula is C13H16FN5O2. The van der Waals surface area contributed by atoms with E-state index < -0.39 is 5.82 Å². The fraction of sp³-hybridized carbons (Fsp3) is 0.308. The number of nitrogen functional groups attached to an aromatic ring is 1. The maximum Gasteiger partial charge on any atom is 0.323 e. The lowest BCUT2D eigenvalue weighted by atomic mass is 10.3. The van der Waals surface area contributed by atoms with E-state index in [0.717, 1.165) is 6.42 Å². The zero-order valence-corrected chi connectivity index (χ0v) is 11.8. The highest BCUT2D eigenvalue weighted by Gasteiger charge is 2.08. The quantitative estimate of drug-likeness (QED) is 0.842. The van der Waals surface area contributed by atoms with Gasteiger partial charge in [-0.1, -0.05) is 6.92 Å². The molecule has 1 aromatic carbocycles. The maximum atomic E-state index is 13.3. The molecule has 2 rings (SSSR count). The van der Waals surface area contributed by atoms with Crippen molar-refractivity contribution in [2.75, 3.05) is 24.8 Å². The van der Waals surface area contributed by atoms with E-state index in [-0.39, 0.29) is 23.7 Å². The summed E-state index contributed by atoms with van der Waals surface area (Å²) in [6, 6.07) is 4.44. The Bertz CT molecular complexity index is 624. The van der Waals surface area contributed by atoms with Gasteiger partial charge in [-0.05, 0) is 18.6 Å². The van der Waals surface area contributed by atoms with Crippen LogP contribution in [-0.4, -0.2) is 28.7 Å². The number of halogens is 1. The number of benzene rings is 1. The van der Waals surface area contributed by atoms with E-state index >= 15 is 0 Å². The second-order valence-corrected chi connectivity index (χ2v) is 4.12. The molecule has 0 aliphatic heterocycles. The van der Waals surface area contributed by atoms with Gasteiger partial charge >= 0.3 is 6.01 Å². The fourth-order valence-corrected chi connectivity index (χ4v) is 1.55. The van der Waals surface area contributed by atoms with Gasteiger partial charge in [0.15, 0.2) is 11.6 Å². The number of hydrogen-bond acceptors (Lipinski definition) is 7. The third-order valence-electron chi connectivity index (χ3n) is 2.47. The van der Waals surface area contributed by atoms with E-state index in [0.29, 0.717) is 12.3 Å². The van der Waals surface area contributed by atoms with Gasteiger partial charge in [-0.3, -0.25) is 0 Å². The highest BCUT2D eigenvalue weighted by Crippen LogP contribution is 2.23. The average Bonchev–Trinajstić information content (AvgIpc) is 2.46. The Morgan fingerprint density at radius 1 is 1.29 bits per heavy atom. The SMILES string of the molecule is CCCOc1nc(N)nc(Nc2ccc(F)c(OC)c2)n1. The van der Waals surface area contributed by atoms with Crippen molar-refractivity contribution in [1.82, 2.24) is 15.0 Å². The van der Waals surface area contributed by atoms with Crippen LogP contribution in [0, 0.1) is 5.82 Å². The number of rotatable bonds is 6. The molecule has 1 aromatic heterocycles. The number of hydrogen-bond donors (Lipinski definition) is 2. The van der Waals surface area contributed by atoms with Gasteiger partial charge in [-0.2, -0.15) is 15.0 Å². The van der Waals surface area contributed by atoms with Gasteiger partial charge in [0.1, 0.15) is 0 Å². The molecule has 0 amide bonds. The van der Waals surface area contributed by atoms with Crippen LogP contribution in [0.5, 0.6) is 11.8 Å². The standard InChI is InChI=1S/C13H16FN5O2/c1-3-6-21-13-18-11(15)17-12(19-13)16-8-4-5-9(14)10(7-8)20-2/h4-5,7H,3,6H2,1-2H3,(H3,15,16,17,18,19). The molecule has 0 aliphatic rings. The molecule has 112 valence electrons. The minimum absolute atomic E-state index is 0.0349. The van der Waals surface area contributed by atoms with Gasteiger partial charge in [-0.25, -0.2) is 4.39 Å². The van der Waals surface area contributed by atoms with Crippen LogP contribution < -0.4 is 20.5 Å². The van der Waals surface area contributed by atoms with Gasteiger partial charge in [0.2, 0.25) is 11.9 Å². The van der Waals surface area contributed by atoms with Crippen molar-refractivity contribution in [2.24, 2.45) is 0 Å². The molecule has 0 atom stereocenters. The zero-order chi connectivity index (χ0) is 15.2. The Morgan fingerprint density at radius 2 is 2.10 bits per heavy atom. The predicted molar refractivity (Wildman–Crippen MR) is 76.3 cm³/mol. The summed E-state index contributed by atoms with van der Waals surface area (Å²) in [7, 11) is 1.39. The van der Waals surface area contributed by atoms with Crippen molar-refractivity contribution in [1.29, 1.82) is 0 Å². The van der Waals surface area contributed by atoms with Crippen LogP contribution in [0.4, 0.5) is 22.0 Å². The first-order chi connectivity index (χ1) is 10.1. The summed E-state index contributed by atoms with van der Waals surface area (Å²) in [6.07, 6.45) is 0.823. The zero-order valence-electron chi connectivity index (χ0n) is 11.8. The lowest BCUT2D eigenvalue weighted by Crippen LogP contribution is -2.07. The van der Waals surface area contributed by atoms with Crippen molar-refractivity contribution in [3.05, 3.63) is 24.0 Å². The maximum absolute atomic E-state index is 13.3. The molecule has 7 nitrogen and oxygen atoms in total. The first-order valence-electron chi connectivity index (χ1n) is 6.37. The summed E-state index contributed by atoms with van der Waals surface area (Å²) in [5.74, 6) is -0.0930. The van der Waals surface area contributed by atoms with E-state index in [1.54, 1.807) is 0 Å². The summed E-state index contributed by atoms with van der Waals surface area (Å²) in [6.45, 7) is 2.45. The van der Waals surface area contributed by atoms with Crippen molar-refractivity contribution in [2.45, 2.75) is 13.3 Å². The van der Waals surface area contributed by atoms with Crippen molar-refractivity contribution >= 4 is 17.6 Å². The molecule has 0 aliphatic carbocycles. The van der Waals surface area contributed by atoms with E-state index in [4.69, 9.17) is 15.2 Å². The smallest absolute Gasteiger partial charge is 0.323 e. The number of anilines is 3. The number of nitrogens with one attached hydrogen (secondary N) is 1. The van der Waals surface area contributed by atoms with E-state index in [1.807, 2.05) is 6.92 Å². The average molecular weight is 293 g/mol. The lowest BCUT2D eigenvalue weighted by molar-refractivity contribution is 0.292. The summed E-state index contributed by atoms with van der Waals surface area (Å²) in [5, 5.41) is 2.89. The Kier molecular flexibility index (Phi) is 4.70. The van der Waals surface area contributed by atoms with Gasteiger partial charge in [0.05, 0.1) is 13.7 Å². The number of methoxy groups -OCH3 is 1. The molecule has 1 heterocycles. The molecule has 2 aromatic rings. The lowest BCUT2D eigenvalue weighted by Gasteiger charge is -2.09. The number of nitrogens with two attached hydrogens (primary N) is 1. The van der Waals surface area contributed by atoms with Gasteiger partial charge in [-0.15, -0.1) is 0 Å². The second kappa shape index (κ2) is 6.69. The minimum Gasteiger partial charge on any atom is -0.494 e. The van der Waals surface area contributed by atoms with Crippen LogP contribution in [0.1, 0.15) is 13.3 Å². The largest absolute Gasteiger partial charge is 0.494 e. The highest BCUT2D eigenvalue weighted by atomic mass is 19.1. The molecule has 0 fully saturated rings. The third kappa shape index (κ3) is 3.91. The Morgan fingerprint density at radius 3 is 2.81 bits per heavy atom. The molecule has 0 saturated carbocycles. The Balaban J connectivity index is 2.20. The van der Waals surface area contributed by atoms with Crippen LogP contribution in [-0.2, 0) is 0 Å². The normalized spacial score (nSPS) is 10.2.